The van der Waals surface area contributed by atoms with Crippen LogP contribution in [-0.4, -0.2) is 36.6 Å². The summed E-state index contributed by atoms with van der Waals surface area (Å²) in [4.78, 5) is 30.4. The third-order valence-corrected chi connectivity index (χ3v) is 5.22. The van der Waals surface area contributed by atoms with Gasteiger partial charge in [-0.05, 0) is 66.4 Å². The van der Waals surface area contributed by atoms with Crippen LogP contribution < -0.4 is 14.2 Å². The molecule has 2 aromatic rings. The van der Waals surface area contributed by atoms with Gasteiger partial charge in [0.2, 0.25) is 0 Å². The number of phosphoric acid groups is 1. The molecule has 0 aromatic heterocycles. The Kier molecular flexibility index (Phi) is 6.33. The minimum Gasteiger partial charge on any atom is -0.493 e. The second-order valence-electron chi connectivity index (χ2n) is 6.91. The van der Waals surface area contributed by atoms with E-state index in [4.69, 9.17) is 24.0 Å². The van der Waals surface area contributed by atoms with Crippen LogP contribution in [0.2, 0.25) is 0 Å². The molecule has 0 saturated carbocycles. The molecule has 0 bridgehead atoms. The first-order valence-electron chi connectivity index (χ1n) is 9.07. The zero-order valence-corrected chi connectivity index (χ0v) is 18.0. The van der Waals surface area contributed by atoms with Crippen molar-refractivity contribution >= 4 is 19.7 Å². The van der Waals surface area contributed by atoms with Crippen molar-refractivity contribution in [2.24, 2.45) is 0 Å². The monoisotopic (exact) mass is 434 g/mol. The van der Waals surface area contributed by atoms with E-state index in [-0.39, 0.29) is 5.78 Å². The van der Waals surface area contributed by atoms with Gasteiger partial charge in [-0.15, -0.1) is 0 Å². The molecule has 0 aliphatic heterocycles. The Morgan fingerprint density at radius 1 is 1.03 bits per heavy atom. The summed E-state index contributed by atoms with van der Waals surface area (Å²) in [6, 6.07) is 7.20. The van der Waals surface area contributed by atoms with Gasteiger partial charge in [-0.1, -0.05) is 0 Å². The zero-order valence-electron chi connectivity index (χ0n) is 17.1. The van der Waals surface area contributed by atoms with Gasteiger partial charge in [0, 0.05) is 17.6 Å². The second kappa shape index (κ2) is 8.62. The summed E-state index contributed by atoms with van der Waals surface area (Å²) in [6.07, 6.45) is 2.32. The lowest BCUT2D eigenvalue weighted by atomic mass is 10.0. The van der Waals surface area contributed by atoms with Crippen molar-refractivity contribution in [3.05, 3.63) is 57.7 Å². The lowest BCUT2D eigenvalue weighted by Crippen LogP contribution is -2.04. The van der Waals surface area contributed by atoms with Gasteiger partial charge in [-0.25, -0.2) is 9.09 Å². The van der Waals surface area contributed by atoms with E-state index in [1.165, 1.54) is 7.11 Å². The van der Waals surface area contributed by atoms with Crippen molar-refractivity contribution in [2.45, 2.75) is 20.3 Å². The summed E-state index contributed by atoms with van der Waals surface area (Å²) in [6.45, 7) is 3.05. The summed E-state index contributed by atoms with van der Waals surface area (Å²) >= 11 is 0. The number of ether oxygens (including phenoxy) is 3. The SMILES string of the molecule is COc1cc2c(cc1OC)C(=O)C(=Cc1cc(C)c(OCOP(=O)(O)O)c(C)c1)C2. The van der Waals surface area contributed by atoms with Crippen LogP contribution in [0.3, 0.4) is 0 Å². The second-order valence-corrected chi connectivity index (χ2v) is 8.14. The minimum atomic E-state index is -4.60. The van der Waals surface area contributed by atoms with Crippen molar-refractivity contribution in [2.75, 3.05) is 21.0 Å². The van der Waals surface area contributed by atoms with E-state index in [9.17, 15) is 9.36 Å². The molecular weight excluding hydrogens is 411 g/mol. The molecule has 0 radical (unpaired) electrons. The number of phosphoric ester groups is 1. The van der Waals surface area contributed by atoms with Crippen LogP contribution in [0.5, 0.6) is 17.2 Å². The number of hydrogen-bond acceptors (Lipinski definition) is 6. The topological polar surface area (TPSA) is 112 Å². The molecule has 0 fully saturated rings. The Bertz CT molecular complexity index is 1040. The fourth-order valence-corrected chi connectivity index (χ4v) is 3.69. The van der Waals surface area contributed by atoms with E-state index in [1.54, 1.807) is 13.2 Å². The van der Waals surface area contributed by atoms with Crippen LogP contribution in [0.25, 0.3) is 6.08 Å². The lowest BCUT2D eigenvalue weighted by molar-refractivity contribution is 0.0818. The number of allylic oxidation sites excluding steroid dienone is 1. The molecule has 1 aliphatic carbocycles. The summed E-state index contributed by atoms with van der Waals surface area (Å²) in [5.41, 5.74) is 4.46. The van der Waals surface area contributed by atoms with E-state index in [2.05, 4.69) is 4.52 Å². The molecular formula is C21H23O8P. The molecule has 0 spiro atoms. The van der Waals surface area contributed by atoms with Crippen LogP contribution in [0.4, 0.5) is 0 Å². The fourth-order valence-electron chi connectivity index (χ4n) is 3.50. The largest absolute Gasteiger partial charge is 0.493 e. The summed E-state index contributed by atoms with van der Waals surface area (Å²) < 4.78 is 31.1. The van der Waals surface area contributed by atoms with E-state index >= 15 is 0 Å². The zero-order chi connectivity index (χ0) is 22.1. The number of aryl methyl sites for hydroxylation is 2. The van der Waals surface area contributed by atoms with Crippen LogP contribution >= 0.6 is 7.82 Å². The van der Waals surface area contributed by atoms with Gasteiger partial charge in [0.1, 0.15) is 5.75 Å². The van der Waals surface area contributed by atoms with Crippen molar-refractivity contribution < 1.29 is 37.9 Å². The molecule has 2 N–H and O–H groups in total. The van der Waals surface area contributed by atoms with Crippen LogP contribution in [0.1, 0.15) is 32.6 Å². The predicted molar refractivity (Wildman–Crippen MR) is 110 cm³/mol. The van der Waals surface area contributed by atoms with E-state index in [1.807, 2.05) is 38.1 Å². The van der Waals surface area contributed by atoms with Gasteiger partial charge < -0.3 is 24.0 Å². The lowest BCUT2D eigenvalue weighted by Gasteiger charge is -2.13. The summed E-state index contributed by atoms with van der Waals surface area (Å²) in [7, 11) is -1.52. The predicted octanol–water partition coefficient (Wildman–Crippen LogP) is 3.59. The smallest absolute Gasteiger partial charge is 0.472 e. The molecule has 0 amide bonds. The maximum atomic E-state index is 12.9. The first-order chi connectivity index (χ1) is 14.1. The van der Waals surface area contributed by atoms with Crippen molar-refractivity contribution in [1.29, 1.82) is 0 Å². The fraction of sp³-hybridized carbons (Fsp3) is 0.286. The first-order valence-corrected chi connectivity index (χ1v) is 10.6. The Hall–Kier alpha value is -2.64. The number of carbonyl (C=O) groups excluding carboxylic acids is 1. The Balaban J connectivity index is 1.85. The molecule has 8 nitrogen and oxygen atoms in total. The average Bonchev–Trinajstić information content (AvgIpc) is 2.96. The molecule has 0 saturated heterocycles. The van der Waals surface area contributed by atoms with Crippen molar-refractivity contribution in [3.8, 4) is 17.2 Å². The molecule has 3 rings (SSSR count). The highest BCUT2D eigenvalue weighted by Crippen LogP contribution is 2.38. The maximum Gasteiger partial charge on any atom is 0.472 e. The third kappa shape index (κ3) is 4.74. The normalized spacial score (nSPS) is 14.7. The third-order valence-electron chi connectivity index (χ3n) is 4.77. The van der Waals surface area contributed by atoms with Gasteiger partial charge in [0.05, 0.1) is 14.2 Å². The molecule has 2 aromatic carbocycles. The standard InChI is InChI=1S/C21H23O8P/c1-12-5-14(6-13(2)21(12)28-11-29-30(23,24)25)7-16-8-15-9-18(26-3)19(27-4)10-17(15)20(16)22/h5-7,9-10H,8,11H2,1-4H3,(H2,23,24,25). The summed E-state index contributed by atoms with van der Waals surface area (Å²) in [5.74, 6) is 1.50. The number of benzene rings is 2. The van der Waals surface area contributed by atoms with E-state index < -0.39 is 14.6 Å². The van der Waals surface area contributed by atoms with Crippen LogP contribution in [-0.2, 0) is 15.5 Å². The highest BCUT2D eigenvalue weighted by Gasteiger charge is 2.27. The summed E-state index contributed by atoms with van der Waals surface area (Å²) in [5, 5.41) is 0. The number of methoxy groups -OCH3 is 2. The van der Waals surface area contributed by atoms with Gasteiger partial charge in [-0.3, -0.25) is 4.79 Å². The molecule has 0 atom stereocenters. The number of fused-ring (bicyclic) bond motifs is 1. The Morgan fingerprint density at radius 2 is 1.63 bits per heavy atom. The van der Waals surface area contributed by atoms with Gasteiger partial charge in [-0.2, -0.15) is 0 Å². The molecule has 0 heterocycles. The van der Waals surface area contributed by atoms with Gasteiger partial charge in [0.15, 0.2) is 24.1 Å². The van der Waals surface area contributed by atoms with Crippen molar-refractivity contribution in [1.82, 2.24) is 0 Å². The quantitative estimate of drug-likeness (QED) is 0.386. The van der Waals surface area contributed by atoms with Crippen molar-refractivity contribution in [3.63, 3.8) is 0 Å². The molecule has 30 heavy (non-hydrogen) atoms. The highest BCUT2D eigenvalue weighted by atomic mass is 31.2. The Labute approximate surface area is 174 Å². The van der Waals surface area contributed by atoms with Crippen LogP contribution in [0, 0.1) is 13.8 Å². The molecule has 160 valence electrons. The number of carbonyl (C=O) groups is 1. The van der Waals surface area contributed by atoms with Gasteiger partial charge in [0.25, 0.3) is 0 Å². The maximum absolute atomic E-state index is 12.9. The number of Topliss-reactive ketones (excluding diaryl/α,β-unsaturated/α-hetero) is 1. The van der Waals surface area contributed by atoms with Gasteiger partial charge >= 0.3 is 7.82 Å². The van der Waals surface area contributed by atoms with E-state index in [0.717, 1.165) is 22.3 Å². The van der Waals surface area contributed by atoms with E-state index in [0.29, 0.717) is 34.8 Å². The number of ketones is 1. The number of rotatable bonds is 7. The minimum absolute atomic E-state index is 0.0587. The first kappa shape index (κ1) is 22.1. The van der Waals surface area contributed by atoms with Crippen LogP contribution in [0.15, 0.2) is 29.8 Å². The molecule has 0 unspecified atom stereocenters. The average molecular weight is 434 g/mol. The Morgan fingerprint density at radius 3 is 2.20 bits per heavy atom. The highest BCUT2D eigenvalue weighted by molar-refractivity contribution is 7.46. The number of hydrogen-bond donors (Lipinski definition) is 2. The molecule has 9 heteroatoms. The molecule has 1 aliphatic rings.